The number of hydrogen-bond donors (Lipinski definition) is 0. The molecule has 3 aromatic rings. The summed E-state index contributed by atoms with van der Waals surface area (Å²) in [6.45, 7) is 10.7. The van der Waals surface area contributed by atoms with Crippen molar-refractivity contribution in [2.45, 2.75) is 41.2 Å². The molecule has 0 aromatic heterocycles. The summed E-state index contributed by atoms with van der Waals surface area (Å²) in [6, 6.07) is 20.5. The van der Waals surface area contributed by atoms with Crippen molar-refractivity contribution in [2.75, 3.05) is 22.9 Å². The van der Waals surface area contributed by atoms with E-state index in [2.05, 4.69) is 23.7 Å². The van der Waals surface area contributed by atoms with Gasteiger partial charge in [-0.05, 0) is 61.9 Å². The first-order valence-electron chi connectivity index (χ1n) is 12.9. The number of amides is 2. The normalized spacial score (nSPS) is 11.6. The lowest BCUT2D eigenvalue weighted by atomic mass is 9.87. The Morgan fingerprint density at radius 2 is 1.50 bits per heavy atom. The molecule has 3 aromatic carbocycles. The lowest BCUT2D eigenvalue weighted by Gasteiger charge is -2.24. The molecule has 7 nitrogen and oxygen atoms in total. The summed E-state index contributed by atoms with van der Waals surface area (Å²) in [5, 5.41) is 0.343. The van der Waals surface area contributed by atoms with Crippen molar-refractivity contribution in [3.63, 3.8) is 0 Å². The average Bonchev–Trinajstić information content (AvgIpc) is 2.93. The van der Waals surface area contributed by atoms with Gasteiger partial charge in [-0.1, -0.05) is 74.3 Å². The van der Waals surface area contributed by atoms with Crippen LogP contribution in [0.1, 0.15) is 40.2 Å². The first kappa shape index (κ1) is 30.9. The van der Waals surface area contributed by atoms with Crippen LogP contribution in [0, 0.1) is 5.41 Å². The summed E-state index contributed by atoms with van der Waals surface area (Å²) in [4.78, 5) is 48.4. The highest BCUT2D eigenvalue weighted by molar-refractivity contribution is 6.70. The van der Waals surface area contributed by atoms with Gasteiger partial charge in [0.2, 0.25) is 0 Å². The molecular formula is C31H33Cl2N3O4. The van der Waals surface area contributed by atoms with E-state index in [1.165, 1.54) is 18.2 Å². The van der Waals surface area contributed by atoms with Crippen LogP contribution in [0.25, 0.3) is 0 Å². The average molecular weight is 583 g/mol. The van der Waals surface area contributed by atoms with Gasteiger partial charge in [0.25, 0.3) is 5.91 Å². The number of carbonyl (C=O) groups is 3. The van der Waals surface area contributed by atoms with Gasteiger partial charge >= 0.3 is 6.09 Å². The van der Waals surface area contributed by atoms with E-state index >= 15 is 0 Å². The Hall–Kier alpha value is -3.68. The molecule has 9 heteroatoms. The second kappa shape index (κ2) is 13.6. The number of rotatable bonds is 9. The van der Waals surface area contributed by atoms with Gasteiger partial charge in [0.05, 0.1) is 16.4 Å². The van der Waals surface area contributed by atoms with E-state index in [0.29, 0.717) is 10.7 Å². The maximum absolute atomic E-state index is 14.1. The Balaban J connectivity index is 2.08. The first-order valence-corrected chi connectivity index (χ1v) is 13.7. The number of carbonyl (C=O) groups excluding carboxylic acids is 3. The maximum atomic E-state index is 14.1. The van der Waals surface area contributed by atoms with Gasteiger partial charge in [-0.3, -0.25) is 9.59 Å². The lowest BCUT2D eigenvalue weighted by molar-refractivity contribution is -0.121. The second-order valence-electron chi connectivity index (χ2n) is 10.0. The Morgan fingerprint density at radius 1 is 0.875 bits per heavy atom. The predicted molar refractivity (Wildman–Crippen MR) is 162 cm³/mol. The number of Topliss-reactive ketones (excluding diaryl/α,β-unsaturated/α-hetero) is 1. The van der Waals surface area contributed by atoms with E-state index in [4.69, 9.17) is 27.9 Å². The molecule has 0 aliphatic carbocycles. The summed E-state index contributed by atoms with van der Waals surface area (Å²) in [5.41, 5.74) is 0.707. The smallest absolute Gasteiger partial charge is 0.421 e. The van der Waals surface area contributed by atoms with Crippen molar-refractivity contribution in [3.8, 4) is 0 Å². The number of hydrogen-bond acceptors (Lipinski definition) is 6. The summed E-state index contributed by atoms with van der Waals surface area (Å²) < 4.78 is 5.49. The molecule has 0 bridgehead atoms. The third-order valence-corrected chi connectivity index (χ3v) is 6.60. The van der Waals surface area contributed by atoms with Gasteiger partial charge in [-0.2, -0.15) is 0 Å². The molecular weight excluding hydrogens is 549 g/mol. The van der Waals surface area contributed by atoms with E-state index < -0.39 is 28.9 Å². The fraction of sp³-hybridized carbons (Fsp3) is 0.290. The Labute approximate surface area is 245 Å². The summed E-state index contributed by atoms with van der Waals surface area (Å²) in [7, 11) is 0. The minimum Gasteiger partial charge on any atom is -0.444 e. The molecule has 0 aliphatic heterocycles. The van der Waals surface area contributed by atoms with Crippen molar-refractivity contribution in [1.82, 2.24) is 0 Å². The highest BCUT2D eigenvalue weighted by atomic mass is 35.5. The molecule has 0 atom stereocenters. The minimum absolute atomic E-state index is 0.0143. The number of benzene rings is 3. The van der Waals surface area contributed by atoms with Crippen LogP contribution in [0.4, 0.5) is 21.9 Å². The number of halogens is 2. The van der Waals surface area contributed by atoms with Crippen LogP contribution in [0.15, 0.2) is 77.8 Å². The number of ether oxygens (including phenoxy) is 1. The highest BCUT2D eigenvalue weighted by Gasteiger charge is 2.38. The molecule has 2 amide bonds. The molecule has 3 rings (SSSR count). The van der Waals surface area contributed by atoms with Gasteiger partial charge in [0.1, 0.15) is 6.61 Å². The standard InChI is InChI=1S/C31H33Cl2N3O4/c1-6-35(7-2)24-16-14-23(15-17-24)34-27(28(37)31(3,4)5)29(38)36(26-18-13-22(32)19-25(26)33)30(39)40-20-21-11-9-8-10-12-21/h8-19H,6-7,20H2,1-5H3. The van der Waals surface area contributed by atoms with Crippen molar-refractivity contribution in [1.29, 1.82) is 0 Å². The van der Waals surface area contributed by atoms with Crippen LogP contribution in [0.2, 0.25) is 10.0 Å². The highest BCUT2D eigenvalue weighted by Crippen LogP contribution is 2.31. The van der Waals surface area contributed by atoms with Crippen LogP contribution >= 0.6 is 23.2 Å². The molecule has 0 fully saturated rings. The van der Waals surface area contributed by atoms with Crippen molar-refractivity contribution in [2.24, 2.45) is 10.4 Å². The van der Waals surface area contributed by atoms with Gasteiger partial charge in [0.15, 0.2) is 11.5 Å². The molecule has 0 saturated carbocycles. The van der Waals surface area contributed by atoms with Crippen LogP contribution in [0.3, 0.4) is 0 Å². The van der Waals surface area contributed by atoms with E-state index in [0.717, 1.165) is 29.2 Å². The third kappa shape index (κ3) is 7.71. The molecule has 0 spiro atoms. The summed E-state index contributed by atoms with van der Waals surface area (Å²) in [5.74, 6) is -1.51. The summed E-state index contributed by atoms with van der Waals surface area (Å²) in [6.07, 6.45) is -1.01. The molecule has 0 radical (unpaired) electrons. The van der Waals surface area contributed by atoms with Crippen LogP contribution in [-0.4, -0.2) is 36.6 Å². The molecule has 0 heterocycles. The van der Waals surface area contributed by atoms with Crippen LogP contribution in [-0.2, 0) is 20.9 Å². The fourth-order valence-corrected chi connectivity index (χ4v) is 4.34. The second-order valence-corrected chi connectivity index (χ2v) is 10.8. The van der Waals surface area contributed by atoms with Crippen molar-refractivity contribution in [3.05, 3.63) is 88.4 Å². The molecule has 0 aliphatic rings. The number of aliphatic imine (C=N–C) groups is 1. The molecule has 210 valence electrons. The van der Waals surface area contributed by atoms with Gasteiger partial charge in [0, 0.05) is 29.2 Å². The monoisotopic (exact) mass is 581 g/mol. The van der Waals surface area contributed by atoms with E-state index in [1.54, 1.807) is 57.2 Å². The van der Waals surface area contributed by atoms with Gasteiger partial charge in [-0.25, -0.2) is 14.7 Å². The number of imide groups is 1. The first-order chi connectivity index (χ1) is 19.0. The fourth-order valence-electron chi connectivity index (χ4n) is 3.85. The number of nitrogens with zero attached hydrogens (tertiary/aromatic N) is 3. The van der Waals surface area contributed by atoms with Crippen LogP contribution in [0.5, 0.6) is 0 Å². The van der Waals surface area contributed by atoms with E-state index in [-0.39, 0.29) is 17.3 Å². The van der Waals surface area contributed by atoms with Gasteiger partial charge in [-0.15, -0.1) is 0 Å². The van der Waals surface area contributed by atoms with Gasteiger partial charge < -0.3 is 9.64 Å². The third-order valence-electron chi connectivity index (χ3n) is 6.06. The predicted octanol–water partition coefficient (Wildman–Crippen LogP) is 7.90. The Morgan fingerprint density at radius 3 is 2.05 bits per heavy atom. The van der Waals surface area contributed by atoms with E-state index in [9.17, 15) is 14.4 Å². The van der Waals surface area contributed by atoms with Crippen molar-refractivity contribution < 1.29 is 19.1 Å². The van der Waals surface area contributed by atoms with Crippen LogP contribution < -0.4 is 9.80 Å². The van der Waals surface area contributed by atoms with E-state index in [1.807, 2.05) is 18.2 Å². The lowest BCUT2D eigenvalue weighted by Crippen LogP contribution is -2.46. The zero-order chi connectivity index (χ0) is 29.4. The zero-order valence-electron chi connectivity index (χ0n) is 23.3. The number of ketones is 1. The summed E-state index contributed by atoms with van der Waals surface area (Å²) >= 11 is 12.5. The molecule has 40 heavy (non-hydrogen) atoms. The quantitative estimate of drug-likeness (QED) is 0.189. The van der Waals surface area contributed by atoms with Crippen molar-refractivity contribution >= 4 is 63.8 Å². The molecule has 0 saturated heterocycles. The zero-order valence-corrected chi connectivity index (χ0v) is 24.8. The Kier molecular flexibility index (Phi) is 10.5. The minimum atomic E-state index is -1.01. The largest absolute Gasteiger partial charge is 0.444 e. The Bertz CT molecular complexity index is 1380. The maximum Gasteiger partial charge on any atom is 0.421 e. The topological polar surface area (TPSA) is 79.3 Å². The SMILES string of the molecule is CCN(CC)c1ccc(N=C(C(=O)N(C(=O)OCc2ccccc2)c2ccc(Cl)cc2Cl)C(=O)C(C)(C)C)cc1. The molecule has 0 N–H and O–H groups in total. The molecule has 0 unspecified atom stereocenters. The number of anilines is 2.